The van der Waals surface area contributed by atoms with Gasteiger partial charge in [-0.1, -0.05) is 12.1 Å². The molecule has 0 unspecified atom stereocenters. The van der Waals surface area contributed by atoms with Crippen LogP contribution in [0.25, 0.3) is 0 Å². The van der Waals surface area contributed by atoms with Crippen LogP contribution in [0, 0.1) is 0 Å². The lowest BCUT2D eigenvalue weighted by molar-refractivity contribution is -0.137. The van der Waals surface area contributed by atoms with Gasteiger partial charge in [0.2, 0.25) is 0 Å². The van der Waals surface area contributed by atoms with E-state index in [0.29, 0.717) is 11.4 Å². The zero-order chi connectivity index (χ0) is 20.9. The van der Waals surface area contributed by atoms with Gasteiger partial charge in [-0.05, 0) is 42.5 Å². The molecule has 29 heavy (non-hydrogen) atoms. The van der Waals surface area contributed by atoms with Gasteiger partial charge in [-0.25, -0.2) is 0 Å². The highest BCUT2D eigenvalue weighted by atomic mass is 19.4. The second-order valence-corrected chi connectivity index (χ2v) is 5.87. The van der Waals surface area contributed by atoms with Crippen molar-refractivity contribution in [3.05, 3.63) is 78.3 Å². The SMILES string of the molecule is O=C(COc1cccc(NC(=O)c2ccco2)c1)Nc1cccc(C(F)(F)F)c1. The molecule has 0 aliphatic carbocycles. The summed E-state index contributed by atoms with van der Waals surface area (Å²) in [6.07, 6.45) is -3.13. The summed E-state index contributed by atoms with van der Waals surface area (Å²) in [5.74, 6) is -0.651. The maximum absolute atomic E-state index is 12.7. The van der Waals surface area contributed by atoms with Crippen molar-refractivity contribution in [1.29, 1.82) is 0 Å². The van der Waals surface area contributed by atoms with Crippen molar-refractivity contribution in [2.24, 2.45) is 0 Å². The topological polar surface area (TPSA) is 80.6 Å². The maximum atomic E-state index is 12.7. The molecule has 0 radical (unpaired) electrons. The standard InChI is InChI=1S/C20H15F3N2O4/c21-20(22,23)13-4-1-5-14(10-13)24-18(26)12-29-16-7-2-6-15(11-16)25-19(27)17-8-3-9-28-17/h1-11H,12H2,(H,24,26)(H,25,27). The third-order valence-electron chi connectivity index (χ3n) is 3.68. The molecule has 0 bridgehead atoms. The number of carbonyl (C=O) groups excluding carboxylic acids is 2. The number of furan rings is 1. The zero-order valence-electron chi connectivity index (χ0n) is 14.8. The molecule has 0 aliphatic rings. The van der Waals surface area contributed by atoms with Crippen LogP contribution in [0.3, 0.4) is 0 Å². The number of amides is 2. The Morgan fingerprint density at radius 3 is 2.34 bits per heavy atom. The van der Waals surface area contributed by atoms with Gasteiger partial charge in [0, 0.05) is 17.4 Å². The third kappa shape index (κ3) is 5.61. The second kappa shape index (κ2) is 8.51. The van der Waals surface area contributed by atoms with Gasteiger partial charge in [-0.3, -0.25) is 9.59 Å². The van der Waals surface area contributed by atoms with Crippen molar-refractivity contribution >= 4 is 23.2 Å². The summed E-state index contributed by atoms with van der Waals surface area (Å²) in [6.45, 7) is -0.425. The lowest BCUT2D eigenvalue weighted by Crippen LogP contribution is -2.20. The quantitative estimate of drug-likeness (QED) is 0.631. The first kappa shape index (κ1) is 20.0. The first-order valence-corrected chi connectivity index (χ1v) is 8.36. The molecule has 150 valence electrons. The van der Waals surface area contributed by atoms with E-state index >= 15 is 0 Å². The predicted octanol–water partition coefficient (Wildman–Crippen LogP) is 4.57. The normalized spacial score (nSPS) is 11.0. The Morgan fingerprint density at radius 1 is 0.931 bits per heavy atom. The zero-order valence-corrected chi connectivity index (χ0v) is 14.8. The molecule has 3 aromatic rings. The van der Waals surface area contributed by atoms with Crippen molar-refractivity contribution in [3.63, 3.8) is 0 Å². The molecule has 0 saturated carbocycles. The van der Waals surface area contributed by atoms with E-state index in [2.05, 4.69) is 10.6 Å². The molecule has 2 amide bonds. The van der Waals surface area contributed by atoms with Gasteiger partial charge in [0.15, 0.2) is 12.4 Å². The molecule has 0 saturated heterocycles. The first-order chi connectivity index (χ1) is 13.8. The minimum absolute atomic E-state index is 0.00730. The summed E-state index contributed by atoms with van der Waals surface area (Å²) in [6, 6.07) is 13.7. The highest BCUT2D eigenvalue weighted by molar-refractivity contribution is 6.02. The molecule has 9 heteroatoms. The fourth-order valence-electron chi connectivity index (χ4n) is 2.38. The van der Waals surface area contributed by atoms with E-state index in [0.717, 1.165) is 12.1 Å². The first-order valence-electron chi connectivity index (χ1n) is 8.36. The summed E-state index contributed by atoms with van der Waals surface area (Å²) >= 11 is 0. The van der Waals surface area contributed by atoms with Gasteiger partial charge >= 0.3 is 6.18 Å². The molecule has 0 spiro atoms. The van der Waals surface area contributed by atoms with E-state index in [1.807, 2.05) is 0 Å². The van der Waals surface area contributed by atoms with Crippen LogP contribution in [0.2, 0.25) is 0 Å². The number of halogens is 3. The van der Waals surface area contributed by atoms with E-state index in [1.165, 1.54) is 30.5 Å². The Morgan fingerprint density at radius 2 is 1.66 bits per heavy atom. The average molecular weight is 404 g/mol. The van der Waals surface area contributed by atoms with E-state index in [1.54, 1.807) is 24.3 Å². The molecule has 3 rings (SSSR count). The van der Waals surface area contributed by atoms with Gasteiger partial charge in [-0.15, -0.1) is 0 Å². The summed E-state index contributed by atoms with van der Waals surface area (Å²) in [5, 5.41) is 4.96. The van der Waals surface area contributed by atoms with Crippen LogP contribution in [0.1, 0.15) is 16.1 Å². The van der Waals surface area contributed by atoms with Gasteiger partial charge < -0.3 is 19.8 Å². The van der Waals surface area contributed by atoms with Crippen LogP contribution in [-0.2, 0) is 11.0 Å². The number of ether oxygens (including phenoxy) is 1. The van der Waals surface area contributed by atoms with Crippen LogP contribution in [-0.4, -0.2) is 18.4 Å². The van der Waals surface area contributed by atoms with Gasteiger partial charge in [0.1, 0.15) is 5.75 Å². The number of benzene rings is 2. The Kier molecular flexibility index (Phi) is 5.87. The highest BCUT2D eigenvalue weighted by Crippen LogP contribution is 2.30. The Bertz CT molecular complexity index is 1000. The summed E-state index contributed by atoms with van der Waals surface area (Å²) in [5.41, 5.74) is -0.439. The monoisotopic (exact) mass is 404 g/mol. The number of rotatable bonds is 6. The maximum Gasteiger partial charge on any atom is 0.416 e. The van der Waals surface area contributed by atoms with Gasteiger partial charge in [0.05, 0.1) is 11.8 Å². The molecule has 2 N–H and O–H groups in total. The van der Waals surface area contributed by atoms with Crippen LogP contribution < -0.4 is 15.4 Å². The van der Waals surface area contributed by atoms with Crippen molar-refractivity contribution in [2.75, 3.05) is 17.2 Å². The number of carbonyl (C=O) groups is 2. The van der Waals surface area contributed by atoms with Crippen molar-refractivity contribution < 1.29 is 31.9 Å². The van der Waals surface area contributed by atoms with Crippen molar-refractivity contribution in [1.82, 2.24) is 0 Å². The minimum atomic E-state index is -4.50. The van der Waals surface area contributed by atoms with Crippen LogP contribution in [0.4, 0.5) is 24.5 Å². The fraction of sp³-hybridized carbons (Fsp3) is 0.100. The lowest BCUT2D eigenvalue weighted by atomic mass is 10.2. The third-order valence-corrected chi connectivity index (χ3v) is 3.68. The van der Waals surface area contributed by atoms with E-state index in [4.69, 9.17) is 9.15 Å². The van der Waals surface area contributed by atoms with Crippen LogP contribution in [0.5, 0.6) is 5.75 Å². The molecule has 6 nitrogen and oxygen atoms in total. The highest BCUT2D eigenvalue weighted by Gasteiger charge is 2.30. The van der Waals surface area contributed by atoms with Gasteiger partial charge in [-0.2, -0.15) is 13.2 Å². The second-order valence-electron chi connectivity index (χ2n) is 5.87. The number of alkyl halides is 3. The molecule has 0 atom stereocenters. The fourth-order valence-corrected chi connectivity index (χ4v) is 2.38. The minimum Gasteiger partial charge on any atom is -0.484 e. The van der Waals surface area contributed by atoms with Crippen LogP contribution >= 0.6 is 0 Å². The summed E-state index contributed by atoms with van der Waals surface area (Å²) in [4.78, 5) is 23.9. The average Bonchev–Trinajstić information content (AvgIpc) is 3.21. The largest absolute Gasteiger partial charge is 0.484 e. The Labute approximate surface area is 163 Å². The summed E-state index contributed by atoms with van der Waals surface area (Å²) < 4.78 is 48.5. The Balaban J connectivity index is 1.56. The number of hydrogen-bond acceptors (Lipinski definition) is 4. The van der Waals surface area contributed by atoms with Crippen molar-refractivity contribution in [3.8, 4) is 5.75 Å². The van der Waals surface area contributed by atoms with Crippen LogP contribution in [0.15, 0.2) is 71.3 Å². The Hall–Kier alpha value is -3.75. The molecular formula is C20H15F3N2O4. The smallest absolute Gasteiger partial charge is 0.416 e. The van der Waals surface area contributed by atoms with E-state index in [9.17, 15) is 22.8 Å². The molecule has 0 fully saturated rings. The number of nitrogens with one attached hydrogen (secondary N) is 2. The lowest BCUT2D eigenvalue weighted by Gasteiger charge is -2.11. The van der Waals surface area contributed by atoms with E-state index < -0.39 is 30.2 Å². The molecule has 1 heterocycles. The van der Waals surface area contributed by atoms with E-state index in [-0.39, 0.29) is 11.4 Å². The number of anilines is 2. The molecule has 0 aliphatic heterocycles. The molecule has 1 aromatic heterocycles. The van der Waals surface area contributed by atoms with Crippen molar-refractivity contribution in [2.45, 2.75) is 6.18 Å². The molecule has 2 aromatic carbocycles. The van der Waals surface area contributed by atoms with Gasteiger partial charge in [0.25, 0.3) is 11.8 Å². The number of hydrogen-bond donors (Lipinski definition) is 2. The molecular weight excluding hydrogens is 389 g/mol. The summed E-state index contributed by atoms with van der Waals surface area (Å²) in [7, 11) is 0. The predicted molar refractivity (Wildman–Crippen MR) is 98.7 cm³/mol.